The maximum Gasteiger partial charge on any atom is 0.417 e. The Kier molecular flexibility index (Phi) is 7.53. The number of amides is 1. The summed E-state index contributed by atoms with van der Waals surface area (Å²) in [6.07, 6.45) is -3.89. The summed E-state index contributed by atoms with van der Waals surface area (Å²) in [5, 5.41) is 2.60. The van der Waals surface area contributed by atoms with E-state index in [2.05, 4.69) is 31.2 Å². The predicted octanol–water partition coefficient (Wildman–Crippen LogP) is 4.01. The minimum atomic E-state index is -4.51. The van der Waals surface area contributed by atoms with Crippen molar-refractivity contribution in [3.63, 3.8) is 0 Å². The van der Waals surface area contributed by atoms with E-state index in [0.29, 0.717) is 28.8 Å². The van der Waals surface area contributed by atoms with Crippen LogP contribution in [0.25, 0.3) is 0 Å². The van der Waals surface area contributed by atoms with Crippen molar-refractivity contribution in [2.75, 3.05) is 18.5 Å². The minimum Gasteiger partial charge on any atom is -0.386 e. The standard InChI is InChI=1S/C18H18BrF3N4O2/c1-2-28-10-16(23)25-8-11-5-13(19)7-14(6-11)26-17(27)15-4-3-12(9-24-15)18(20,21)22/h3-7,9H,2,8,10H2,1H3,(H2,23,25)(H,26,27). The van der Waals surface area contributed by atoms with Crippen molar-refractivity contribution in [1.82, 2.24) is 4.98 Å². The molecule has 3 N–H and O–H groups in total. The highest BCUT2D eigenvalue weighted by Gasteiger charge is 2.30. The molecule has 0 bridgehead atoms. The summed E-state index contributed by atoms with van der Waals surface area (Å²) in [5.41, 5.74) is 5.89. The predicted molar refractivity (Wildman–Crippen MR) is 103 cm³/mol. The molecule has 150 valence electrons. The van der Waals surface area contributed by atoms with Crippen molar-refractivity contribution in [2.24, 2.45) is 10.7 Å². The maximum atomic E-state index is 12.6. The third-order valence-electron chi connectivity index (χ3n) is 3.46. The Morgan fingerprint density at radius 2 is 2.07 bits per heavy atom. The largest absolute Gasteiger partial charge is 0.417 e. The number of pyridine rings is 1. The number of nitrogens with two attached hydrogens (primary N) is 1. The number of anilines is 1. The summed E-state index contributed by atoms with van der Waals surface area (Å²) < 4.78 is 43.6. The Morgan fingerprint density at radius 3 is 2.68 bits per heavy atom. The first-order chi connectivity index (χ1) is 13.2. The SMILES string of the molecule is CCOC/C(N)=N\Cc1cc(Br)cc(NC(=O)c2ccc(C(F)(F)F)cn2)c1. The van der Waals surface area contributed by atoms with Gasteiger partial charge in [0.2, 0.25) is 0 Å². The van der Waals surface area contributed by atoms with Crippen LogP contribution >= 0.6 is 15.9 Å². The molecule has 1 aromatic carbocycles. The van der Waals surface area contributed by atoms with Gasteiger partial charge in [0.25, 0.3) is 5.91 Å². The van der Waals surface area contributed by atoms with E-state index in [-0.39, 0.29) is 18.8 Å². The van der Waals surface area contributed by atoms with Crippen molar-refractivity contribution < 1.29 is 22.7 Å². The molecule has 2 rings (SSSR count). The molecule has 10 heteroatoms. The summed E-state index contributed by atoms with van der Waals surface area (Å²) in [4.78, 5) is 20.0. The molecule has 0 aliphatic heterocycles. The van der Waals surface area contributed by atoms with Crippen LogP contribution in [0, 0.1) is 0 Å². The van der Waals surface area contributed by atoms with Crippen LogP contribution in [-0.4, -0.2) is 29.9 Å². The Balaban J connectivity index is 2.09. The van der Waals surface area contributed by atoms with Gasteiger partial charge in [0.15, 0.2) is 0 Å². The first-order valence-electron chi connectivity index (χ1n) is 8.19. The van der Waals surface area contributed by atoms with Crippen LogP contribution in [0.15, 0.2) is 46.0 Å². The number of alkyl halides is 3. The number of carbonyl (C=O) groups excluding carboxylic acids is 1. The highest BCUT2D eigenvalue weighted by Crippen LogP contribution is 2.28. The fraction of sp³-hybridized carbons (Fsp3) is 0.278. The van der Waals surface area contributed by atoms with Crippen molar-refractivity contribution in [3.05, 3.63) is 57.8 Å². The molecule has 1 aromatic heterocycles. The molecule has 0 aliphatic carbocycles. The molecule has 0 atom stereocenters. The Labute approximate surface area is 168 Å². The van der Waals surface area contributed by atoms with Crippen LogP contribution < -0.4 is 11.1 Å². The van der Waals surface area contributed by atoms with Gasteiger partial charge in [-0.2, -0.15) is 13.2 Å². The van der Waals surface area contributed by atoms with Gasteiger partial charge in [0, 0.05) is 23.0 Å². The number of halogens is 4. The van der Waals surface area contributed by atoms with Crippen LogP contribution in [-0.2, 0) is 17.5 Å². The normalized spacial score (nSPS) is 12.1. The molecule has 0 saturated carbocycles. The molecule has 0 radical (unpaired) electrons. The summed E-state index contributed by atoms with van der Waals surface area (Å²) in [6.45, 7) is 2.89. The summed E-state index contributed by atoms with van der Waals surface area (Å²) >= 11 is 3.34. The van der Waals surface area contributed by atoms with E-state index in [1.165, 1.54) is 0 Å². The molecule has 1 heterocycles. The van der Waals surface area contributed by atoms with Gasteiger partial charge in [-0.3, -0.25) is 14.8 Å². The fourth-order valence-electron chi connectivity index (χ4n) is 2.15. The molecule has 0 unspecified atom stereocenters. The number of aliphatic imine (C=N–C) groups is 1. The summed E-state index contributed by atoms with van der Waals surface area (Å²) in [7, 11) is 0. The van der Waals surface area contributed by atoms with Gasteiger partial charge in [-0.25, -0.2) is 0 Å². The smallest absolute Gasteiger partial charge is 0.386 e. The van der Waals surface area contributed by atoms with Crippen molar-refractivity contribution in [2.45, 2.75) is 19.6 Å². The number of hydrogen-bond acceptors (Lipinski definition) is 4. The van der Waals surface area contributed by atoms with E-state index in [4.69, 9.17) is 10.5 Å². The Morgan fingerprint density at radius 1 is 1.32 bits per heavy atom. The average Bonchev–Trinajstić information content (AvgIpc) is 2.63. The molecular weight excluding hydrogens is 441 g/mol. The number of benzene rings is 1. The molecule has 2 aromatic rings. The van der Waals surface area contributed by atoms with Crippen molar-refractivity contribution in [3.8, 4) is 0 Å². The Bertz CT molecular complexity index is 855. The highest BCUT2D eigenvalue weighted by molar-refractivity contribution is 9.10. The van der Waals surface area contributed by atoms with Gasteiger partial charge in [0.1, 0.15) is 18.1 Å². The molecule has 0 aliphatic rings. The van der Waals surface area contributed by atoms with Crippen molar-refractivity contribution in [1.29, 1.82) is 0 Å². The van der Waals surface area contributed by atoms with E-state index in [0.717, 1.165) is 17.7 Å². The quantitative estimate of drug-likeness (QED) is 0.484. The second kappa shape index (κ2) is 9.65. The maximum absolute atomic E-state index is 12.6. The van der Waals surface area contributed by atoms with Gasteiger partial charge < -0.3 is 15.8 Å². The molecule has 28 heavy (non-hydrogen) atoms. The Hall–Kier alpha value is -2.46. The third-order valence-corrected chi connectivity index (χ3v) is 3.92. The highest BCUT2D eigenvalue weighted by atomic mass is 79.9. The number of hydrogen-bond donors (Lipinski definition) is 2. The van der Waals surface area contributed by atoms with E-state index in [1.807, 2.05) is 13.0 Å². The first kappa shape index (κ1) is 21.8. The van der Waals surface area contributed by atoms with Gasteiger partial charge >= 0.3 is 6.18 Å². The second-order valence-corrected chi connectivity index (χ2v) is 6.59. The lowest BCUT2D eigenvalue weighted by atomic mass is 10.2. The van der Waals surface area contributed by atoms with Crippen LogP contribution in [0.5, 0.6) is 0 Å². The molecule has 0 saturated heterocycles. The van der Waals surface area contributed by atoms with Gasteiger partial charge in [0.05, 0.1) is 12.1 Å². The number of ether oxygens (including phenoxy) is 1. The number of rotatable bonds is 7. The minimum absolute atomic E-state index is 0.131. The van der Waals surface area contributed by atoms with Gasteiger partial charge in [-0.1, -0.05) is 15.9 Å². The van der Waals surface area contributed by atoms with Gasteiger partial charge in [-0.05, 0) is 42.8 Å². The summed E-state index contributed by atoms with van der Waals surface area (Å²) in [6, 6.07) is 6.98. The molecule has 1 amide bonds. The zero-order valence-electron chi connectivity index (χ0n) is 14.9. The van der Waals surface area contributed by atoms with Crippen LogP contribution in [0.1, 0.15) is 28.5 Å². The zero-order chi connectivity index (χ0) is 20.7. The third kappa shape index (κ3) is 6.61. The van der Waals surface area contributed by atoms with E-state index < -0.39 is 17.6 Å². The van der Waals surface area contributed by atoms with Crippen molar-refractivity contribution >= 4 is 33.4 Å². The lowest BCUT2D eigenvalue weighted by molar-refractivity contribution is -0.137. The van der Waals surface area contributed by atoms with E-state index in [1.54, 1.807) is 12.1 Å². The first-order valence-corrected chi connectivity index (χ1v) is 8.99. The topological polar surface area (TPSA) is 89.6 Å². The van der Waals surface area contributed by atoms with Gasteiger partial charge in [-0.15, -0.1) is 0 Å². The number of carbonyl (C=O) groups is 1. The molecule has 0 fully saturated rings. The average molecular weight is 459 g/mol. The lowest BCUT2D eigenvalue weighted by Crippen LogP contribution is -2.19. The van der Waals surface area contributed by atoms with E-state index in [9.17, 15) is 18.0 Å². The lowest BCUT2D eigenvalue weighted by Gasteiger charge is -2.09. The fourth-order valence-corrected chi connectivity index (χ4v) is 2.69. The van der Waals surface area contributed by atoms with Crippen LogP contribution in [0.2, 0.25) is 0 Å². The second-order valence-electron chi connectivity index (χ2n) is 5.68. The number of nitrogens with one attached hydrogen (secondary N) is 1. The van der Waals surface area contributed by atoms with Crippen LogP contribution in [0.3, 0.4) is 0 Å². The zero-order valence-corrected chi connectivity index (χ0v) is 16.5. The number of amidine groups is 1. The molecular formula is C18H18BrF3N4O2. The summed E-state index contributed by atoms with van der Waals surface area (Å²) in [5.74, 6) is -0.279. The van der Waals surface area contributed by atoms with Crippen LogP contribution in [0.4, 0.5) is 18.9 Å². The molecule has 6 nitrogen and oxygen atoms in total. The number of nitrogens with zero attached hydrogens (tertiary/aromatic N) is 2. The number of aromatic nitrogens is 1. The van der Waals surface area contributed by atoms with E-state index >= 15 is 0 Å². The molecule has 0 spiro atoms. The monoisotopic (exact) mass is 458 g/mol.